The van der Waals surface area contributed by atoms with Crippen LogP contribution in [0.3, 0.4) is 0 Å². The van der Waals surface area contributed by atoms with E-state index in [9.17, 15) is 14.4 Å². The Bertz CT molecular complexity index is 1040. The number of hydrogen-bond donors (Lipinski definition) is 0. The van der Waals surface area contributed by atoms with Gasteiger partial charge in [-0.25, -0.2) is 0 Å². The Morgan fingerprint density at radius 2 is 0.516 bits per heavy atom. The minimum Gasteiger partial charge on any atom is -0.462 e. The molecule has 0 aliphatic heterocycles. The van der Waals surface area contributed by atoms with Crippen molar-refractivity contribution in [1.29, 1.82) is 0 Å². The topological polar surface area (TPSA) is 78.9 Å². The lowest BCUT2D eigenvalue weighted by molar-refractivity contribution is -0.167. The van der Waals surface area contributed by atoms with Crippen molar-refractivity contribution in [3.63, 3.8) is 0 Å². The smallest absolute Gasteiger partial charge is 0.306 e. The third kappa shape index (κ3) is 50.9. The molecule has 0 saturated heterocycles. The van der Waals surface area contributed by atoms with Crippen LogP contribution in [0.15, 0.2) is 24.3 Å². The van der Waals surface area contributed by atoms with Gasteiger partial charge in [0.15, 0.2) is 6.10 Å². The van der Waals surface area contributed by atoms with E-state index in [1.165, 1.54) is 199 Å². The maximum absolute atomic E-state index is 12.8. The molecule has 6 heteroatoms. The Balaban J connectivity index is 4.33. The summed E-state index contributed by atoms with van der Waals surface area (Å²) in [7, 11) is 0. The first-order chi connectivity index (χ1) is 31.5. The van der Waals surface area contributed by atoms with Crippen LogP contribution in [0.2, 0.25) is 0 Å². The van der Waals surface area contributed by atoms with E-state index in [0.29, 0.717) is 19.3 Å². The molecule has 0 aromatic carbocycles. The van der Waals surface area contributed by atoms with Gasteiger partial charge in [0.1, 0.15) is 13.2 Å². The highest BCUT2D eigenvalue weighted by atomic mass is 16.6. The van der Waals surface area contributed by atoms with E-state index >= 15 is 0 Å². The summed E-state index contributed by atoms with van der Waals surface area (Å²) in [6.45, 7) is 6.65. The van der Waals surface area contributed by atoms with Crippen molar-refractivity contribution in [1.82, 2.24) is 0 Å². The van der Waals surface area contributed by atoms with Crippen LogP contribution in [0, 0.1) is 0 Å². The summed E-state index contributed by atoms with van der Waals surface area (Å²) in [5, 5.41) is 0. The first-order valence-electron chi connectivity index (χ1n) is 28.3. The van der Waals surface area contributed by atoms with Crippen LogP contribution in [0.5, 0.6) is 0 Å². The van der Waals surface area contributed by atoms with Crippen molar-refractivity contribution in [2.75, 3.05) is 13.2 Å². The Labute approximate surface area is 398 Å². The zero-order valence-electron chi connectivity index (χ0n) is 43.1. The zero-order chi connectivity index (χ0) is 46.5. The van der Waals surface area contributed by atoms with E-state index in [1.807, 2.05) is 0 Å². The maximum atomic E-state index is 12.8. The minimum absolute atomic E-state index is 0.0730. The Morgan fingerprint density at radius 3 is 0.781 bits per heavy atom. The van der Waals surface area contributed by atoms with E-state index in [4.69, 9.17) is 14.2 Å². The van der Waals surface area contributed by atoms with E-state index < -0.39 is 6.10 Å². The first kappa shape index (κ1) is 61.9. The molecule has 0 bridgehead atoms. The molecule has 0 saturated carbocycles. The third-order valence-electron chi connectivity index (χ3n) is 12.7. The molecule has 1 atom stereocenters. The number of unbranched alkanes of at least 4 members (excludes halogenated alkanes) is 37. The van der Waals surface area contributed by atoms with E-state index in [-0.39, 0.29) is 31.1 Å². The molecule has 0 aliphatic carbocycles. The fourth-order valence-electron chi connectivity index (χ4n) is 8.37. The Hall–Kier alpha value is -2.11. The summed E-state index contributed by atoms with van der Waals surface area (Å²) in [5.41, 5.74) is 0. The zero-order valence-corrected chi connectivity index (χ0v) is 43.1. The molecule has 0 aliphatic rings. The van der Waals surface area contributed by atoms with Crippen LogP contribution in [0.1, 0.15) is 310 Å². The summed E-state index contributed by atoms with van der Waals surface area (Å²) >= 11 is 0. The number of hydrogen-bond acceptors (Lipinski definition) is 6. The van der Waals surface area contributed by atoms with Gasteiger partial charge in [0.05, 0.1) is 0 Å². The number of carbonyl (C=O) groups excluding carboxylic acids is 3. The average Bonchev–Trinajstić information content (AvgIpc) is 3.29. The van der Waals surface area contributed by atoms with Crippen LogP contribution in [0.4, 0.5) is 0 Å². The fraction of sp³-hybridized carbons (Fsp3) is 0.879. The SMILES string of the molecule is CCCCCCC/C=C/CCCCCCCC(=O)OC[C@H](COC(=O)CCCCCCCCCCCCCCCCCCCC)OC(=O)CCCCCCC/C=C/CCCCCCC. The quantitative estimate of drug-likeness (QED) is 0.0262. The third-order valence-corrected chi connectivity index (χ3v) is 12.7. The molecule has 0 rings (SSSR count). The fourth-order valence-corrected chi connectivity index (χ4v) is 8.37. The molecule has 0 fully saturated rings. The number of esters is 3. The van der Waals surface area contributed by atoms with Crippen molar-refractivity contribution in [2.45, 2.75) is 316 Å². The normalized spacial score (nSPS) is 12.1. The van der Waals surface area contributed by atoms with Gasteiger partial charge >= 0.3 is 17.9 Å². The molecule has 0 aromatic heterocycles. The number of allylic oxidation sites excluding steroid dienone is 4. The molecule has 6 nitrogen and oxygen atoms in total. The van der Waals surface area contributed by atoms with E-state index in [2.05, 4.69) is 45.1 Å². The van der Waals surface area contributed by atoms with Gasteiger partial charge in [-0.3, -0.25) is 14.4 Å². The van der Waals surface area contributed by atoms with Crippen molar-refractivity contribution >= 4 is 17.9 Å². The van der Waals surface area contributed by atoms with Crippen molar-refractivity contribution in [3.05, 3.63) is 24.3 Å². The second kappa shape index (κ2) is 53.5. The summed E-state index contributed by atoms with van der Waals surface area (Å²) in [4.78, 5) is 38.1. The van der Waals surface area contributed by atoms with E-state index in [1.54, 1.807) is 0 Å². The van der Waals surface area contributed by atoms with Gasteiger partial charge in [0, 0.05) is 19.3 Å². The van der Waals surface area contributed by atoms with E-state index in [0.717, 1.165) is 70.6 Å². The molecule has 0 radical (unpaired) electrons. The average molecular weight is 901 g/mol. The predicted octanol–water partition coefficient (Wildman–Crippen LogP) is 18.7. The summed E-state index contributed by atoms with van der Waals surface area (Å²) in [6.07, 6.45) is 61.6. The highest BCUT2D eigenvalue weighted by Gasteiger charge is 2.19. The first-order valence-corrected chi connectivity index (χ1v) is 28.3. The van der Waals surface area contributed by atoms with Gasteiger partial charge in [0.25, 0.3) is 0 Å². The molecule has 376 valence electrons. The molecule has 0 spiro atoms. The van der Waals surface area contributed by atoms with Crippen molar-refractivity contribution in [2.24, 2.45) is 0 Å². The monoisotopic (exact) mass is 901 g/mol. The van der Waals surface area contributed by atoms with Crippen LogP contribution >= 0.6 is 0 Å². The van der Waals surface area contributed by atoms with Gasteiger partial charge < -0.3 is 14.2 Å². The van der Waals surface area contributed by atoms with Gasteiger partial charge in [-0.2, -0.15) is 0 Å². The summed E-state index contributed by atoms with van der Waals surface area (Å²) in [6, 6.07) is 0. The molecule has 0 N–H and O–H groups in total. The lowest BCUT2D eigenvalue weighted by Gasteiger charge is -2.18. The summed E-state index contributed by atoms with van der Waals surface area (Å²) < 4.78 is 16.8. The number of carbonyl (C=O) groups is 3. The van der Waals surface area contributed by atoms with Gasteiger partial charge in [-0.05, 0) is 70.6 Å². The maximum Gasteiger partial charge on any atom is 0.306 e. The van der Waals surface area contributed by atoms with Crippen LogP contribution < -0.4 is 0 Å². The minimum atomic E-state index is -0.774. The van der Waals surface area contributed by atoms with Crippen molar-refractivity contribution < 1.29 is 28.6 Å². The van der Waals surface area contributed by atoms with Crippen LogP contribution in [-0.4, -0.2) is 37.2 Å². The van der Waals surface area contributed by atoms with Gasteiger partial charge in [-0.1, -0.05) is 244 Å². The lowest BCUT2D eigenvalue weighted by atomic mass is 10.0. The molecule has 0 amide bonds. The highest BCUT2D eigenvalue weighted by Crippen LogP contribution is 2.16. The summed E-state index contributed by atoms with van der Waals surface area (Å²) in [5.74, 6) is -0.872. The largest absolute Gasteiger partial charge is 0.462 e. The van der Waals surface area contributed by atoms with Crippen LogP contribution in [0.25, 0.3) is 0 Å². The second-order valence-corrected chi connectivity index (χ2v) is 19.2. The molecular formula is C58H108O6. The molecule has 0 aromatic rings. The van der Waals surface area contributed by atoms with Gasteiger partial charge in [-0.15, -0.1) is 0 Å². The number of ether oxygens (including phenoxy) is 3. The Kier molecular flexibility index (Phi) is 51.7. The van der Waals surface area contributed by atoms with Crippen molar-refractivity contribution in [3.8, 4) is 0 Å². The number of rotatable bonds is 52. The highest BCUT2D eigenvalue weighted by molar-refractivity contribution is 5.71. The molecule has 64 heavy (non-hydrogen) atoms. The molecule has 0 heterocycles. The van der Waals surface area contributed by atoms with Crippen LogP contribution in [-0.2, 0) is 28.6 Å². The molecule has 0 unspecified atom stereocenters. The lowest BCUT2D eigenvalue weighted by Crippen LogP contribution is -2.30. The predicted molar refractivity (Wildman–Crippen MR) is 275 cm³/mol. The molecular weight excluding hydrogens is 793 g/mol. The Morgan fingerprint density at radius 1 is 0.297 bits per heavy atom. The second-order valence-electron chi connectivity index (χ2n) is 19.2. The van der Waals surface area contributed by atoms with Gasteiger partial charge in [0.2, 0.25) is 0 Å². The standard InChI is InChI=1S/C58H108O6/c1-4-7-10-13-16-19-22-25-28-29-30-31-34-36-39-42-45-48-51-57(60)63-54-55(64-58(61)52-49-46-43-40-37-33-27-24-21-18-15-12-9-6-3)53-62-56(59)50-47-44-41-38-35-32-26-23-20-17-14-11-8-5-2/h23-24,26-27,55H,4-22,25,28-54H2,1-3H3/b26-23+,27-24+/t55-/m1/s1.